The Kier molecular flexibility index (Phi) is 2.78. The van der Waals surface area contributed by atoms with Gasteiger partial charge in [0, 0.05) is 24.6 Å². The summed E-state index contributed by atoms with van der Waals surface area (Å²) >= 11 is 0. The van der Waals surface area contributed by atoms with Crippen molar-refractivity contribution in [2.24, 2.45) is 5.73 Å². The van der Waals surface area contributed by atoms with Gasteiger partial charge in [0.15, 0.2) is 0 Å². The molecule has 1 spiro atoms. The first-order valence-electron chi connectivity index (χ1n) is 6.75. The number of nitrogens with one attached hydrogen (secondary N) is 1. The van der Waals surface area contributed by atoms with Gasteiger partial charge in [-0.05, 0) is 32.3 Å². The Labute approximate surface area is 109 Å². The molecule has 1 atom stereocenters. The van der Waals surface area contributed by atoms with Gasteiger partial charge in [-0.15, -0.1) is 0 Å². The molecule has 2 aliphatic rings. The fraction of sp³-hybridized carbons (Fsp3) is 0.571. The molecule has 0 bridgehead atoms. The van der Waals surface area contributed by atoms with Gasteiger partial charge in [-0.2, -0.15) is 0 Å². The number of hydrogen-bond donors (Lipinski definition) is 2. The maximum atomic E-state index is 6.30. The zero-order valence-corrected chi connectivity index (χ0v) is 10.8. The van der Waals surface area contributed by atoms with Crippen molar-refractivity contribution < 1.29 is 4.74 Å². The van der Waals surface area contributed by atoms with Gasteiger partial charge in [0.25, 0.3) is 0 Å². The largest absolute Gasteiger partial charge is 0.485 e. The van der Waals surface area contributed by atoms with Crippen LogP contribution in [0.1, 0.15) is 44.2 Å². The van der Waals surface area contributed by atoms with Crippen molar-refractivity contribution in [2.75, 3.05) is 11.9 Å². The summed E-state index contributed by atoms with van der Waals surface area (Å²) in [4.78, 5) is 0. The summed E-state index contributed by atoms with van der Waals surface area (Å²) in [7, 11) is 5.94. The molecule has 4 heteroatoms. The Balaban J connectivity index is 2.04. The van der Waals surface area contributed by atoms with Crippen LogP contribution in [0.3, 0.4) is 0 Å². The Morgan fingerprint density at radius 3 is 2.89 bits per heavy atom. The lowest BCUT2D eigenvalue weighted by molar-refractivity contribution is -0.0322. The molecule has 1 aromatic carbocycles. The van der Waals surface area contributed by atoms with E-state index in [4.69, 9.17) is 18.3 Å². The summed E-state index contributed by atoms with van der Waals surface area (Å²) in [5, 5.41) is 3.32. The molecule has 1 fully saturated rings. The molecule has 1 saturated carbocycles. The van der Waals surface area contributed by atoms with E-state index in [0.29, 0.717) is 0 Å². The van der Waals surface area contributed by atoms with E-state index in [9.17, 15) is 0 Å². The number of nitrogens with two attached hydrogens (primary N) is 1. The van der Waals surface area contributed by atoms with Gasteiger partial charge in [-0.1, -0.05) is 11.5 Å². The molecule has 0 amide bonds. The van der Waals surface area contributed by atoms with Crippen LogP contribution < -0.4 is 21.3 Å². The first kappa shape index (κ1) is 11.9. The Bertz CT molecular complexity index is 471. The summed E-state index contributed by atoms with van der Waals surface area (Å²) in [5.41, 5.74) is 9.06. The van der Waals surface area contributed by atoms with E-state index >= 15 is 0 Å². The van der Waals surface area contributed by atoms with Crippen molar-refractivity contribution in [3.05, 3.63) is 17.7 Å². The number of hydrogen-bond acceptors (Lipinski definition) is 3. The van der Waals surface area contributed by atoms with Crippen LogP contribution in [0.2, 0.25) is 0 Å². The van der Waals surface area contributed by atoms with Crippen LogP contribution in [0, 0.1) is 0 Å². The van der Waals surface area contributed by atoms with Crippen LogP contribution in [0.25, 0.3) is 0 Å². The number of fused-ring (bicyclic) bond motifs is 1. The summed E-state index contributed by atoms with van der Waals surface area (Å²) in [6.45, 7) is 2.92. The molecule has 18 heavy (non-hydrogen) atoms. The third-order valence-corrected chi connectivity index (χ3v) is 4.08. The minimum atomic E-state index is -0.00724. The maximum Gasteiger partial charge on any atom is 0.147 e. The highest BCUT2D eigenvalue weighted by molar-refractivity contribution is 6.32. The predicted octanol–water partition coefficient (Wildman–Crippen LogP) is 1.62. The molecular weight excluding hydrogens is 223 g/mol. The summed E-state index contributed by atoms with van der Waals surface area (Å²) in [5.74, 6) is 0.921. The summed E-state index contributed by atoms with van der Waals surface area (Å²) in [6, 6.07) is 3.92. The molecule has 2 radical (unpaired) electrons. The molecular formula is C14H19BN2O. The average molecular weight is 242 g/mol. The van der Waals surface area contributed by atoms with E-state index < -0.39 is 0 Å². The van der Waals surface area contributed by atoms with Gasteiger partial charge in [-0.3, -0.25) is 0 Å². The molecule has 3 N–H and O–H groups in total. The summed E-state index contributed by atoms with van der Waals surface area (Å²) < 4.78 is 6.27. The molecule has 3 nitrogen and oxygen atoms in total. The molecule has 1 aliphatic heterocycles. The minimum absolute atomic E-state index is 0.00724. The molecule has 0 unspecified atom stereocenters. The van der Waals surface area contributed by atoms with Crippen LogP contribution in [0.4, 0.5) is 5.69 Å². The molecule has 1 aliphatic carbocycles. The first-order chi connectivity index (χ1) is 8.63. The minimum Gasteiger partial charge on any atom is -0.485 e. The highest BCUT2D eigenvalue weighted by Crippen LogP contribution is 2.50. The molecule has 94 valence electrons. The Morgan fingerprint density at radius 2 is 2.28 bits per heavy atom. The SMILES string of the molecule is [B]c1cc(NCC)c2c(c1)[C@@H](N)CC1(CCC1)O2. The van der Waals surface area contributed by atoms with Crippen molar-refractivity contribution in [3.63, 3.8) is 0 Å². The van der Waals surface area contributed by atoms with Gasteiger partial charge < -0.3 is 15.8 Å². The number of rotatable bonds is 2. The molecule has 1 aromatic rings. The maximum absolute atomic E-state index is 6.30. The third kappa shape index (κ3) is 1.79. The highest BCUT2D eigenvalue weighted by Gasteiger charge is 2.45. The Hall–Kier alpha value is -1.16. The predicted molar refractivity (Wildman–Crippen MR) is 74.7 cm³/mol. The molecule has 0 aromatic heterocycles. The second kappa shape index (κ2) is 4.20. The van der Waals surface area contributed by atoms with Gasteiger partial charge in [0.05, 0.1) is 5.69 Å². The van der Waals surface area contributed by atoms with Gasteiger partial charge in [-0.25, -0.2) is 0 Å². The van der Waals surface area contributed by atoms with E-state index in [-0.39, 0.29) is 11.6 Å². The van der Waals surface area contributed by atoms with Gasteiger partial charge >= 0.3 is 0 Å². The Morgan fingerprint density at radius 1 is 1.50 bits per heavy atom. The van der Waals surface area contributed by atoms with Crippen LogP contribution in [0.5, 0.6) is 5.75 Å². The average Bonchev–Trinajstić information content (AvgIpc) is 2.28. The fourth-order valence-electron chi connectivity index (χ4n) is 3.03. The second-order valence-electron chi connectivity index (χ2n) is 5.47. The van der Waals surface area contributed by atoms with Crippen molar-refractivity contribution >= 4 is 19.0 Å². The number of benzene rings is 1. The zero-order chi connectivity index (χ0) is 12.8. The van der Waals surface area contributed by atoms with Gasteiger partial charge in [0.1, 0.15) is 19.2 Å². The fourth-order valence-corrected chi connectivity index (χ4v) is 3.03. The summed E-state index contributed by atoms with van der Waals surface area (Å²) in [6.07, 6.45) is 4.40. The third-order valence-electron chi connectivity index (χ3n) is 4.08. The first-order valence-corrected chi connectivity index (χ1v) is 6.75. The highest BCUT2D eigenvalue weighted by atomic mass is 16.5. The van der Waals surface area contributed by atoms with Crippen LogP contribution in [-0.4, -0.2) is 20.0 Å². The van der Waals surface area contributed by atoms with Crippen LogP contribution in [-0.2, 0) is 0 Å². The van der Waals surface area contributed by atoms with Crippen LogP contribution >= 0.6 is 0 Å². The molecule has 3 rings (SSSR count). The van der Waals surface area contributed by atoms with E-state index in [1.165, 1.54) is 6.42 Å². The van der Waals surface area contributed by atoms with Crippen LogP contribution in [0.15, 0.2) is 12.1 Å². The standard InChI is InChI=1S/C14H19BN2O/c1-2-17-12-7-9(15)6-10-11(16)8-14(4-3-5-14)18-13(10)12/h6-7,11,17H,2-5,8,16H2,1H3/t11-/m0/s1. The number of ether oxygens (including phenoxy) is 1. The van der Waals surface area contributed by atoms with E-state index in [2.05, 4.69) is 12.2 Å². The van der Waals surface area contributed by atoms with Crippen molar-refractivity contribution in [2.45, 2.75) is 44.2 Å². The van der Waals surface area contributed by atoms with Crippen molar-refractivity contribution in [3.8, 4) is 5.75 Å². The molecule has 0 saturated heterocycles. The van der Waals surface area contributed by atoms with Gasteiger partial charge in [0.2, 0.25) is 0 Å². The van der Waals surface area contributed by atoms with E-state index in [1.807, 2.05) is 12.1 Å². The second-order valence-corrected chi connectivity index (χ2v) is 5.47. The molecule has 1 heterocycles. The van der Waals surface area contributed by atoms with E-state index in [1.54, 1.807) is 0 Å². The van der Waals surface area contributed by atoms with Crippen molar-refractivity contribution in [1.82, 2.24) is 0 Å². The quantitative estimate of drug-likeness (QED) is 0.774. The topological polar surface area (TPSA) is 47.3 Å². The lowest BCUT2D eigenvalue weighted by Gasteiger charge is -2.47. The van der Waals surface area contributed by atoms with E-state index in [0.717, 1.165) is 48.3 Å². The monoisotopic (exact) mass is 242 g/mol. The zero-order valence-electron chi connectivity index (χ0n) is 10.8. The lowest BCUT2D eigenvalue weighted by atomic mass is 9.72. The normalized spacial score (nSPS) is 24.0. The number of anilines is 1. The van der Waals surface area contributed by atoms with Crippen molar-refractivity contribution in [1.29, 1.82) is 0 Å². The lowest BCUT2D eigenvalue weighted by Crippen LogP contribution is -2.48. The smallest absolute Gasteiger partial charge is 0.147 e.